The molecule has 7 nitrogen and oxygen atoms in total. The van der Waals surface area contributed by atoms with Crippen LogP contribution in [-0.2, 0) is 6.61 Å². The fourth-order valence-corrected chi connectivity index (χ4v) is 5.38. The standard InChI is InChI=1S/C32H26BrClN4O3S/c1-2-40-29-17-22(16-27(33)30(29)41-19-21-6-4-3-5-7-21)18-35-38-31(39)24-10-8-23(9-11-24)28-20-42-32(37-28)36-26-14-12-25(34)13-15-26/h3-18,20H,2,19H2,1H3,(H,36,37)(H,38,39)/b35-18-. The van der Waals surface area contributed by atoms with Gasteiger partial charge in [-0.1, -0.05) is 54.1 Å². The molecular weight excluding hydrogens is 636 g/mol. The molecule has 212 valence electrons. The van der Waals surface area contributed by atoms with E-state index in [9.17, 15) is 4.79 Å². The largest absolute Gasteiger partial charge is 0.490 e. The lowest BCUT2D eigenvalue weighted by Crippen LogP contribution is -2.17. The average molecular weight is 662 g/mol. The predicted molar refractivity (Wildman–Crippen MR) is 173 cm³/mol. The first-order valence-corrected chi connectivity index (χ1v) is 15.1. The number of anilines is 2. The van der Waals surface area contributed by atoms with Gasteiger partial charge in [-0.2, -0.15) is 5.10 Å². The Bertz CT molecular complexity index is 1680. The van der Waals surface area contributed by atoms with E-state index in [-0.39, 0.29) is 5.91 Å². The minimum absolute atomic E-state index is 0.326. The van der Waals surface area contributed by atoms with Gasteiger partial charge >= 0.3 is 0 Å². The molecule has 5 aromatic rings. The number of hydrazone groups is 1. The Balaban J connectivity index is 1.19. The molecule has 0 unspecified atom stereocenters. The SMILES string of the molecule is CCOc1cc(/C=N\NC(=O)c2ccc(-c3csc(Nc4ccc(Cl)cc4)n3)cc2)cc(Br)c1OCc1ccccc1. The van der Waals surface area contributed by atoms with E-state index < -0.39 is 0 Å². The Morgan fingerprint density at radius 2 is 1.79 bits per heavy atom. The van der Waals surface area contributed by atoms with E-state index in [0.29, 0.717) is 35.3 Å². The van der Waals surface area contributed by atoms with E-state index in [1.807, 2.05) is 91.2 Å². The predicted octanol–water partition coefficient (Wildman–Crippen LogP) is 8.71. The zero-order valence-electron chi connectivity index (χ0n) is 22.5. The summed E-state index contributed by atoms with van der Waals surface area (Å²) in [6, 6.07) is 28.2. The summed E-state index contributed by atoms with van der Waals surface area (Å²) >= 11 is 11.0. The second kappa shape index (κ2) is 14.1. The second-order valence-electron chi connectivity index (χ2n) is 8.98. The van der Waals surface area contributed by atoms with Gasteiger partial charge in [0.25, 0.3) is 5.91 Å². The highest BCUT2D eigenvalue weighted by atomic mass is 79.9. The number of thiazole rings is 1. The van der Waals surface area contributed by atoms with Crippen LogP contribution in [-0.4, -0.2) is 23.7 Å². The number of benzene rings is 4. The number of hydrogen-bond acceptors (Lipinski definition) is 7. The molecule has 10 heteroatoms. The molecule has 0 aliphatic carbocycles. The van der Waals surface area contributed by atoms with Crippen LogP contribution in [0.5, 0.6) is 11.5 Å². The lowest BCUT2D eigenvalue weighted by Gasteiger charge is -2.14. The van der Waals surface area contributed by atoms with Crippen LogP contribution in [0.15, 0.2) is 106 Å². The van der Waals surface area contributed by atoms with Crippen molar-refractivity contribution >= 4 is 61.8 Å². The van der Waals surface area contributed by atoms with E-state index in [0.717, 1.165) is 37.7 Å². The fourth-order valence-electron chi connectivity index (χ4n) is 3.94. The number of aromatic nitrogens is 1. The van der Waals surface area contributed by atoms with Crippen molar-refractivity contribution < 1.29 is 14.3 Å². The van der Waals surface area contributed by atoms with Crippen molar-refractivity contribution in [1.82, 2.24) is 10.4 Å². The summed E-state index contributed by atoms with van der Waals surface area (Å²) in [5.74, 6) is 0.864. The molecule has 1 amide bonds. The Kier molecular flexibility index (Phi) is 9.86. The van der Waals surface area contributed by atoms with Gasteiger partial charge in [0.05, 0.1) is 23.0 Å². The summed E-state index contributed by atoms with van der Waals surface area (Å²) in [6.45, 7) is 2.79. The molecule has 4 aromatic carbocycles. The quantitative estimate of drug-likeness (QED) is 0.109. The van der Waals surface area contributed by atoms with Crippen molar-refractivity contribution in [2.24, 2.45) is 5.10 Å². The number of amides is 1. The highest BCUT2D eigenvalue weighted by molar-refractivity contribution is 9.10. The van der Waals surface area contributed by atoms with Gasteiger partial charge in [-0.05, 0) is 82.5 Å². The lowest BCUT2D eigenvalue weighted by atomic mass is 10.1. The third-order valence-electron chi connectivity index (χ3n) is 5.98. The van der Waals surface area contributed by atoms with E-state index in [2.05, 4.69) is 36.8 Å². The van der Waals surface area contributed by atoms with E-state index in [4.69, 9.17) is 21.1 Å². The highest BCUT2D eigenvalue weighted by Gasteiger charge is 2.13. The summed E-state index contributed by atoms with van der Waals surface area (Å²) in [5.41, 5.74) is 7.47. The number of nitrogens with zero attached hydrogens (tertiary/aromatic N) is 2. The van der Waals surface area contributed by atoms with Gasteiger partial charge in [0, 0.05) is 27.2 Å². The Morgan fingerprint density at radius 1 is 1.02 bits per heavy atom. The molecule has 0 saturated carbocycles. The van der Waals surface area contributed by atoms with Gasteiger partial charge in [0.15, 0.2) is 16.6 Å². The molecule has 0 fully saturated rings. The van der Waals surface area contributed by atoms with Crippen LogP contribution < -0.4 is 20.2 Å². The van der Waals surface area contributed by atoms with Crippen molar-refractivity contribution in [2.75, 3.05) is 11.9 Å². The van der Waals surface area contributed by atoms with E-state index in [1.54, 1.807) is 18.3 Å². The number of carbonyl (C=O) groups is 1. The first-order chi connectivity index (χ1) is 20.5. The third-order valence-corrected chi connectivity index (χ3v) is 7.58. The molecule has 0 bridgehead atoms. The zero-order chi connectivity index (χ0) is 29.3. The smallest absolute Gasteiger partial charge is 0.271 e. The van der Waals surface area contributed by atoms with Crippen molar-refractivity contribution in [2.45, 2.75) is 13.5 Å². The second-order valence-corrected chi connectivity index (χ2v) is 11.1. The average Bonchev–Trinajstić information content (AvgIpc) is 3.47. The van der Waals surface area contributed by atoms with Crippen molar-refractivity contribution in [3.63, 3.8) is 0 Å². The first-order valence-electron chi connectivity index (χ1n) is 13.0. The molecule has 0 atom stereocenters. The summed E-state index contributed by atoms with van der Waals surface area (Å²) in [5, 5.41) is 10.8. The van der Waals surface area contributed by atoms with Gasteiger partial charge in [0.2, 0.25) is 0 Å². The van der Waals surface area contributed by atoms with Gasteiger partial charge in [-0.15, -0.1) is 11.3 Å². The Labute approximate surface area is 261 Å². The lowest BCUT2D eigenvalue weighted by molar-refractivity contribution is 0.0955. The maximum Gasteiger partial charge on any atom is 0.271 e. The molecule has 2 N–H and O–H groups in total. The van der Waals surface area contributed by atoms with Crippen LogP contribution in [0.1, 0.15) is 28.4 Å². The molecule has 1 heterocycles. The number of rotatable bonds is 11. The topological polar surface area (TPSA) is 84.8 Å². The number of hydrogen-bond donors (Lipinski definition) is 2. The van der Waals surface area contributed by atoms with Crippen molar-refractivity contribution in [1.29, 1.82) is 0 Å². The Morgan fingerprint density at radius 3 is 2.52 bits per heavy atom. The van der Waals surface area contributed by atoms with Crippen LogP contribution in [0.25, 0.3) is 11.3 Å². The van der Waals surface area contributed by atoms with Crippen molar-refractivity contribution in [3.8, 4) is 22.8 Å². The maximum absolute atomic E-state index is 12.7. The Hall–Kier alpha value is -4.18. The van der Waals surface area contributed by atoms with Gasteiger partial charge < -0.3 is 14.8 Å². The summed E-state index contributed by atoms with van der Waals surface area (Å²) in [6.07, 6.45) is 1.56. The third kappa shape index (κ3) is 7.76. The molecule has 0 aliphatic rings. The van der Waals surface area contributed by atoms with Gasteiger partial charge in [-0.3, -0.25) is 4.79 Å². The van der Waals surface area contributed by atoms with Crippen LogP contribution in [0.4, 0.5) is 10.8 Å². The van der Waals surface area contributed by atoms with Crippen LogP contribution >= 0.6 is 38.9 Å². The maximum atomic E-state index is 12.7. The normalized spacial score (nSPS) is 10.9. The van der Waals surface area contributed by atoms with Crippen molar-refractivity contribution in [3.05, 3.63) is 123 Å². The summed E-state index contributed by atoms with van der Waals surface area (Å²) < 4.78 is 12.6. The molecule has 1 aromatic heterocycles. The summed E-state index contributed by atoms with van der Waals surface area (Å²) in [4.78, 5) is 17.4. The first kappa shape index (κ1) is 29.3. The van der Waals surface area contributed by atoms with Gasteiger partial charge in [-0.25, -0.2) is 10.4 Å². The van der Waals surface area contributed by atoms with E-state index in [1.165, 1.54) is 11.3 Å². The van der Waals surface area contributed by atoms with Crippen LogP contribution in [0, 0.1) is 0 Å². The monoisotopic (exact) mass is 660 g/mol. The number of halogens is 2. The van der Waals surface area contributed by atoms with Gasteiger partial charge in [0.1, 0.15) is 6.61 Å². The van der Waals surface area contributed by atoms with Crippen LogP contribution in [0.3, 0.4) is 0 Å². The number of ether oxygens (including phenoxy) is 2. The van der Waals surface area contributed by atoms with Crippen LogP contribution in [0.2, 0.25) is 5.02 Å². The molecule has 0 saturated heterocycles. The molecular formula is C32H26BrClN4O3S. The summed E-state index contributed by atoms with van der Waals surface area (Å²) in [7, 11) is 0. The molecule has 0 spiro atoms. The van der Waals surface area contributed by atoms with E-state index >= 15 is 0 Å². The fraction of sp³-hybridized carbons (Fsp3) is 0.0938. The zero-order valence-corrected chi connectivity index (χ0v) is 25.7. The minimum Gasteiger partial charge on any atom is -0.490 e. The molecule has 0 radical (unpaired) electrons. The molecule has 5 rings (SSSR count). The molecule has 0 aliphatic heterocycles. The number of nitrogens with one attached hydrogen (secondary N) is 2. The highest BCUT2D eigenvalue weighted by Crippen LogP contribution is 2.37. The number of carbonyl (C=O) groups excluding carboxylic acids is 1. The minimum atomic E-state index is -0.326. The molecule has 42 heavy (non-hydrogen) atoms.